The molecule has 1 heterocycles. The Hall–Kier alpha value is -0.670. The van der Waals surface area contributed by atoms with Gasteiger partial charge in [-0.2, -0.15) is 0 Å². The van der Waals surface area contributed by atoms with Gasteiger partial charge in [-0.1, -0.05) is 13.8 Å². The minimum absolute atomic E-state index is 0.281. The first-order valence-electron chi connectivity index (χ1n) is 5.67. The van der Waals surface area contributed by atoms with Gasteiger partial charge in [-0.25, -0.2) is 9.97 Å². The standard InChI is InChI=1S/C12H20ClN3/c1-12(2,5-3-6-13)10-14-9-11-15-7-4-8-16-11/h4,7-8,14H,3,5-6,9-10H2,1-2H3. The molecule has 0 aliphatic heterocycles. The van der Waals surface area contributed by atoms with E-state index in [2.05, 4.69) is 29.1 Å². The van der Waals surface area contributed by atoms with Crippen molar-refractivity contribution in [3.8, 4) is 0 Å². The molecule has 0 aromatic carbocycles. The van der Waals surface area contributed by atoms with Gasteiger partial charge in [-0.05, 0) is 24.3 Å². The van der Waals surface area contributed by atoms with Crippen molar-refractivity contribution in [2.45, 2.75) is 33.2 Å². The molecule has 0 saturated carbocycles. The van der Waals surface area contributed by atoms with Crippen LogP contribution in [-0.4, -0.2) is 22.4 Å². The number of alkyl halides is 1. The van der Waals surface area contributed by atoms with E-state index < -0.39 is 0 Å². The van der Waals surface area contributed by atoms with E-state index in [9.17, 15) is 0 Å². The van der Waals surface area contributed by atoms with Crippen LogP contribution >= 0.6 is 11.6 Å². The molecule has 1 rings (SSSR count). The van der Waals surface area contributed by atoms with Crippen molar-refractivity contribution in [1.29, 1.82) is 0 Å². The lowest BCUT2D eigenvalue weighted by molar-refractivity contribution is 0.310. The van der Waals surface area contributed by atoms with Crippen LogP contribution in [0.1, 0.15) is 32.5 Å². The predicted octanol–water partition coefficient (Wildman–Crippen LogP) is 2.61. The molecule has 1 N–H and O–H groups in total. The summed E-state index contributed by atoms with van der Waals surface area (Å²) in [5, 5.41) is 3.38. The van der Waals surface area contributed by atoms with E-state index in [1.165, 1.54) is 0 Å². The quantitative estimate of drug-likeness (QED) is 0.746. The Balaban J connectivity index is 2.24. The van der Waals surface area contributed by atoms with Gasteiger partial charge in [0.2, 0.25) is 0 Å². The van der Waals surface area contributed by atoms with Crippen LogP contribution in [0, 0.1) is 5.41 Å². The molecule has 0 amide bonds. The van der Waals surface area contributed by atoms with Crippen LogP contribution in [0.5, 0.6) is 0 Å². The van der Waals surface area contributed by atoms with Crippen molar-refractivity contribution in [3.05, 3.63) is 24.3 Å². The lowest BCUT2D eigenvalue weighted by atomic mass is 9.88. The summed E-state index contributed by atoms with van der Waals surface area (Å²) in [6.45, 7) is 6.18. The average molecular weight is 242 g/mol. The highest BCUT2D eigenvalue weighted by Crippen LogP contribution is 2.21. The van der Waals surface area contributed by atoms with Crippen molar-refractivity contribution in [1.82, 2.24) is 15.3 Å². The first-order chi connectivity index (χ1) is 7.64. The molecule has 0 fully saturated rings. The Labute approximate surface area is 103 Å². The van der Waals surface area contributed by atoms with Crippen LogP contribution in [0.15, 0.2) is 18.5 Å². The van der Waals surface area contributed by atoms with Crippen molar-refractivity contribution >= 4 is 11.6 Å². The Kier molecular flexibility index (Phi) is 5.71. The van der Waals surface area contributed by atoms with Crippen LogP contribution in [0.25, 0.3) is 0 Å². The zero-order chi connectivity index (χ0) is 11.9. The molecular weight excluding hydrogens is 222 g/mol. The molecule has 0 saturated heterocycles. The molecule has 0 radical (unpaired) electrons. The van der Waals surface area contributed by atoms with E-state index in [0.29, 0.717) is 0 Å². The summed E-state index contributed by atoms with van der Waals surface area (Å²) in [5.74, 6) is 1.58. The molecule has 1 aromatic rings. The second kappa shape index (κ2) is 6.81. The Morgan fingerprint density at radius 3 is 2.62 bits per heavy atom. The number of aromatic nitrogens is 2. The Morgan fingerprint density at radius 2 is 2.00 bits per heavy atom. The predicted molar refractivity (Wildman–Crippen MR) is 67.5 cm³/mol. The van der Waals surface area contributed by atoms with Crippen LogP contribution in [-0.2, 0) is 6.54 Å². The minimum Gasteiger partial charge on any atom is -0.309 e. The molecule has 16 heavy (non-hydrogen) atoms. The first-order valence-corrected chi connectivity index (χ1v) is 6.20. The fraction of sp³-hybridized carbons (Fsp3) is 0.667. The van der Waals surface area contributed by atoms with Gasteiger partial charge in [0.15, 0.2) is 0 Å². The molecule has 4 heteroatoms. The largest absolute Gasteiger partial charge is 0.309 e. The smallest absolute Gasteiger partial charge is 0.141 e. The van der Waals surface area contributed by atoms with E-state index in [0.717, 1.165) is 37.6 Å². The lowest BCUT2D eigenvalue weighted by Gasteiger charge is -2.24. The normalized spacial score (nSPS) is 11.7. The highest BCUT2D eigenvalue weighted by Gasteiger charge is 2.16. The van der Waals surface area contributed by atoms with Crippen molar-refractivity contribution in [2.75, 3.05) is 12.4 Å². The zero-order valence-electron chi connectivity index (χ0n) is 10.0. The number of halogens is 1. The maximum absolute atomic E-state index is 5.70. The summed E-state index contributed by atoms with van der Waals surface area (Å²) in [6.07, 6.45) is 5.74. The summed E-state index contributed by atoms with van der Waals surface area (Å²) < 4.78 is 0. The summed E-state index contributed by atoms with van der Waals surface area (Å²) in [7, 11) is 0. The number of rotatable bonds is 7. The molecule has 0 bridgehead atoms. The van der Waals surface area contributed by atoms with Gasteiger partial charge in [0, 0.05) is 24.8 Å². The van der Waals surface area contributed by atoms with Crippen molar-refractivity contribution in [2.24, 2.45) is 5.41 Å². The molecule has 0 unspecified atom stereocenters. The van der Waals surface area contributed by atoms with E-state index >= 15 is 0 Å². The van der Waals surface area contributed by atoms with Crippen LogP contribution < -0.4 is 5.32 Å². The van der Waals surface area contributed by atoms with Crippen molar-refractivity contribution in [3.63, 3.8) is 0 Å². The van der Waals surface area contributed by atoms with Gasteiger partial charge in [0.1, 0.15) is 5.82 Å². The molecular formula is C12H20ClN3. The first kappa shape index (κ1) is 13.4. The highest BCUT2D eigenvalue weighted by atomic mass is 35.5. The fourth-order valence-electron chi connectivity index (χ4n) is 1.57. The summed E-state index contributed by atoms with van der Waals surface area (Å²) in [6, 6.07) is 1.83. The lowest BCUT2D eigenvalue weighted by Crippen LogP contribution is -2.29. The molecule has 3 nitrogen and oxygen atoms in total. The van der Waals surface area contributed by atoms with Gasteiger partial charge in [0.25, 0.3) is 0 Å². The van der Waals surface area contributed by atoms with Gasteiger partial charge in [-0.3, -0.25) is 0 Å². The Bertz CT molecular complexity index is 288. The second-order valence-corrected chi connectivity index (χ2v) is 5.10. The van der Waals surface area contributed by atoms with E-state index in [4.69, 9.17) is 11.6 Å². The summed E-state index contributed by atoms with van der Waals surface area (Å²) in [4.78, 5) is 8.33. The highest BCUT2D eigenvalue weighted by molar-refractivity contribution is 6.17. The van der Waals surface area contributed by atoms with E-state index in [1.807, 2.05) is 6.07 Å². The van der Waals surface area contributed by atoms with Crippen LogP contribution in [0.4, 0.5) is 0 Å². The zero-order valence-corrected chi connectivity index (χ0v) is 10.8. The minimum atomic E-state index is 0.281. The molecule has 0 atom stereocenters. The van der Waals surface area contributed by atoms with Crippen molar-refractivity contribution < 1.29 is 0 Å². The van der Waals surface area contributed by atoms with Gasteiger partial charge >= 0.3 is 0 Å². The molecule has 0 aliphatic carbocycles. The van der Waals surface area contributed by atoms with Crippen LogP contribution in [0.3, 0.4) is 0 Å². The number of hydrogen-bond acceptors (Lipinski definition) is 3. The topological polar surface area (TPSA) is 37.8 Å². The maximum atomic E-state index is 5.70. The van der Waals surface area contributed by atoms with Gasteiger partial charge < -0.3 is 5.32 Å². The monoisotopic (exact) mass is 241 g/mol. The third kappa shape index (κ3) is 5.42. The summed E-state index contributed by atoms with van der Waals surface area (Å²) >= 11 is 5.70. The van der Waals surface area contributed by atoms with E-state index in [1.54, 1.807) is 12.4 Å². The third-order valence-corrected chi connectivity index (χ3v) is 2.76. The maximum Gasteiger partial charge on any atom is 0.141 e. The third-order valence-electron chi connectivity index (χ3n) is 2.49. The second-order valence-electron chi connectivity index (χ2n) is 4.73. The number of nitrogens with one attached hydrogen (secondary N) is 1. The molecule has 1 aromatic heterocycles. The van der Waals surface area contributed by atoms with E-state index in [-0.39, 0.29) is 5.41 Å². The molecule has 90 valence electrons. The number of nitrogens with zero attached hydrogens (tertiary/aromatic N) is 2. The number of hydrogen-bond donors (Lipinski definition) is 1. The molecule has 0 aliphatic rings. The fourth-order valence-corrected chi connectivity index (χ4v) is 1.70. The molecule has 0 spiro atoms. The van der Waals surface area contributed by atoms with Crippen LogP contribution in [0.2, 0.25) is 0 Å². The Morgan fingerprint density at radius 1 is 1.31 bits per heavy atom. The van der Waals surface area contributed by atoms with Gasteiger partial charge in [-0.15, -0.1) is 11.6 Å². The van der Waals surface area contributed by atoms with Gasteiger partial charge in [0.05, 0.1) is 6.54 Å². The summed E-state index contributed by atoms with van der Waals surface area (Å²) in [5.41, 5.74) is 0.281. The average Bonchev–Trinajstić information content (AvgIpc) is 2.28. The SMILES string of the molecule is CC(C)(CCCCl)CNCc1ncccn1.